The van der Waals surface area contributed by atoms with E-state index in [-0.39, 0.29) is 5.60 Å². The first-order valence-electron chi connectivity index (χ1n) is 6.32. The molecule has 1 rings (SSSR count). The molecule has 1 N–H and O–H groups in total. The van der Waals surface area contributed by atoms with Gasteiger partial charge in [-0.1, -0.05) is 44.1 Å². The minimum Gasteiger partial charge on any atom is -0.386 e. The molecule has 1 aliphatic rings. The number of aliphatic hydroxyl groups is 1. The molecule has 0 radical (unpaired) electrons. The first-order chi connectivity index (χ1) is 7.75. The minimum absolute atomic E-state index is 0.271. The Bertz CT molecular complexity index is 239. The molecular weight excluding hydrogens is 200 g/mol. The summed E-state index contributed by atoms with van der Waals surface area (Å²) >= 11 is 0. The normalized spacial score (nSPS) is 20.7. The summed E-state index contributed by atoms with van der Waals surface area (Å²) in [7, 11) is 1.67. The van der Waals surface area contributed by atoms with Gasteiger partial charge in [-0.15, -0.1) is 0 Å². The van der Waals surface area contributed by atoms with Crippen LogP contribution >= 0.6 is 0 Å². The van der Waals surface area contributed by atoms with Crippen molar-refractivity contribution < 1.29 is 9.84 Å². The van der Waals surface area contributed by atoms with Gasteiger partial charge in [0.15, 0.2) is 0 Å². The first kappa shape index (κ1) is 13.5. The van der Waals surface area contributed by atoms with Crippen molar-refractivity contribution in [3.8, 4) is 0 Å². The Morgan fingerprint density at radius 1 is 1.31 bits per heavy atom. The molecule has 0 aromatic carbocycles. The van der Waals surface area contributed by atoms with Crippen LogP contribution in [0.15, 0.2) is 24.3 Å². The highest BCUT2D eigenvalue weighted by Crippen LogP contribution is 2.42. The van der Waals surface area contributed by atoms with E-state index in [9.17, 15) is 5.11 Å². The maximum atomic E-state index is 9.83. The van der Waals surface area contributed by atoms with Gasteiger partial charge in [-0.2, -0.15) is 0 Å². The van der Waals surface area contributed by atoms with Gasteiger partial charge < -0.3 is 9.84 Å². The Balaban J connectivity index is 2.16. The Kier molecular flexibility index (Phi) is 5.78. The summed E-state index contributed by atoms with van der Waals surface area (Å²) in [6.45, 7) is 2.21. The van der Waals surface area contributed by atoms with Gasteiger partial charge in [-0.25, -0.2) is 0 Å². The summed E-state index contributed by atoms with van der Waals surface area (Å²) in [5.74, 6) is 0. The number of hydrogen-bond acceptors (Lipinski definition) is 2. The van der Waals surface area contributed by atoms with E-state index in [1.54, 1.807) is 7.11 Å². The van der Waals surface area contributed by atoms with Crippen LogP contribution < -0.4 is 0 Å². The third-order valence-corrected chi connectivity index (χ3v) is 3.20. The van der Waals surface area contributed by atoms with Crippen LogP contribution in [0, 0.1) is 0 Å². The average molecular weight is 224 g/mol. The van der Waals surface area contributed by atoms with Gasteiger partial charge in [0, 0.05) is 7.11 Å². The fourth-order valence-electron chi connectivity index (χ4n) is 1.78. The molecule has 1 saturated carbocycles. The van der Waals surface area contributed by atoms with Crippen molar-refractivity contribution in [2.24, 2.45) is 0 Å². The topological polar surface area (TPSA) is 29.5 Å². The minimum atomic E-state index is -0.460. The summed E-state index contributed by atoms with van der Waals surface area (Å²) in [4.78, 5) is 0. The predicted molar refractivity (Wildman–Crippen MR) is 67.4 cm³/mol. The number of rotatable bonds is 8. The maximum Gasteiger partial charge on any atom is 0.101 e. The number of hydrogen-bond donors (Lipinski definition) is 1. The van der Waals surface area contributed by atoms with Crippen molar-refractivity contribution in [1.82, 2.24) is 0 Å². The summed E-state index contributed by atoms with van der Waals surface area (Å²) in [5.41, 5.74) is -0.271. The van der Waals surface area contributed by atoms with Crippen LogP contribution in [-0.2, 0) is 4.74 Å². The van der Waals surface area contributed by atoms with Gasteiger partial charge in [-0.05, 0) is 25.7 Å². The molecule has 16 heavy (non-hydrogen) atoms. The molecule has 2 heteroatoms. The number of methoxy groups -OCH3 is 1. The second-order valence-electron chi connectivity index (χ2n) is 4.52. The zero-order chi connectivity index (χ0) is 11.9. The highest BCUT2D eigenvalue weighted by Gasteiger charge is 2.48. The van der Waals surface area contributed by atoms with Gasteiger partial charge in [0.05, 0.1) is 5.60 Å². The molecule has 0 aromatic rings. The van der Waals surface area contributed by atoms with Gasteiger partial charge in [-0.3, -0.25) is 0 Å². The van der Waals surface area contributed by atoms with Crippen LogP contribution in [0.3, 0.4) is 0 Å². The highest BCUT2D eigenvalue weighted by atomic mass is 16.5. The van der Waals surface area contributed by atoms with Crippen LogP contribution in [0.25, 0.3) is 0 Å². The third kappa shape index (κ3) is 4.11. The van der Waals surface area contributed by atoms with E-state index in [0.717, 1.165) is 19.3 Å². The fourth-order valence-corrected chi connectivity index (χ4v) is 1.78. The molecule has 1 aliphatic carbocycles. The molecule has 0 heterocycles. The van der Waals surface area contributed by atoms with Crippen molar-refractivity contribution in [2.45, 2.75) is 57.2 Å². The van der Waals surface area contributed by atoms with Crippen molar-refractivity contribution in [2.75, 3.05) is 7.11 Å². The van der Waals surface area contributed by atoms with E-state index >= 15 is 0 Å². The molecule has 2 nitrogen and oxygen atoms in total. The zero-order valence-electron chi connectivity index (χ0n) is 10.5. The Labute approximate surface area is 99.0 Å². The van der Waals surface area contributed by atoms with E-state index in [1.165, 1.54) is 19.3 Å². The van der Waals surface area contributed by atoms with Crippen LogP contribution in [0.4, 0.5) is 0 Å². The maximum absolute atomic E-state index is 9.83. The standard InChI is InChI=1S/C14H24O2/c1-3-4-5-6-7-8-9-10-13(15)14(16-2)11-12-14/h7-10,13,15H,3-6,11-12H2,1-2H3/b8-7+,10-9+. The lowest BCUT2D eigenvalue weighted by atomic mass is 10.1. The second-order valence-corrected chi connectivity index (χ2v) is 4.52. The summed E-state index contributed by atoms with van der Waals surface area (Å²) < 4.78 is 5.30. The van der Waals surface area contributed by atoms with Crippen molar-refractivity contribution in [3.05, 3.63) is 24.3 Å². The molecule has 1 atom stereocenters. The lowest BCUT2D eigenvalue weighted by molar-refractivity contribution is -0.00839. The molecule has 0 aromatic heterocycles. The van der Waals surface area contributed by atoms with E-state index < -0.39 is 6.10 Å². The van der Waals surface area contributed by atoms with Crippen LogP contribution in [0.2, 0.25) is 0 Å². The molecule has 92 valence electrons. The van der Waals surface area contributed by atoms with Crippen LogP contribution in [0.5, 0.6) is 0 Å². The van der Waals surface area contributed by atoms with Crippen LogP contribution in [-0.4, -0.2) is 23.9 Å². The molecular formula is C14H24O2. The molecule has 0 saturated heterocycles. The Morgan fingerprint density at radius 3 is 2.62 bits per heavy atom. The largest absolute Gasteiger partial charge is 0.386 e. The number of aliphatic hydroxyl groups excluding tert-OH is 1. The van der Waals surface area contributed by atoms with E-state index in [1.807, 2.05) is 18.2 Å². The fraction of sp³-hybridized carbons (Fsp3) is 0.714. The quantitative estimate of drug-likeness (QED) is 0.506. The third-order valence-electron chi connectivity index (χ3n) is 3.20. The van der Waals surface area contributed by atoms with Gasteiger partial charge in [0.1, 0.15) is 6.10 Å². The summed E-state index contributed by atoms with van der Waals surface area (Å²) in [6.07, 6.45) is 14.3. The Hall–Kier alpha value is -0.600. The summed E-state index contributed by atoms with van der Waals surface area (Å²) in [6, 6.07) is 0. The first-order valence-corrected chi connectivity index (χ1v) is 6.32. The van der Waals surface area contributed by atoms with E-state index in [4.69, 9.17) is 4.74 Å². The predicted octanol–water partition coefficient (Wildman–Crippen LogP) is 3.22. The smallest absolute Gasteiger partial charge is 0.101 e. The van der Waals surface area contributed by atoms with Crippen molar-refractivity contribution >= 4 is 0 Å². The van der Waals surface area contributed by atoms with Gasteiger partial charge in [0.25, 0.3) is 0 Å². The van der Waals surface area contributed by atoms with E-state index in [2.05, 4.69) is 13.0 Å². The number of unbranched alkanes of at least 4 members (excludes halogenated alkanes) is 3. The van der Waals surface area contributed by atoms with Crippen molar-refractivity contribution in [1.29, 1.82) is 0 Å². The zero-order valence-corrected chi connectivity index (χ0v) is 10.5. The number of ether oxygens (including phenoxy) is 1. The highest BCUT2D eigenvalue weighted by molar-refractivity contribution is 5.13. The lowest BCUT2D eigenvalue weighted by Gasteiger charge is -2.16. The van der Waals surface area contributed by atoms with Crippen LogP contribution in [0.1, 0.15) is 45.4 Å². The number of allylic oxidation sites excluding steroid dienone is 3. The van der Waals surface area contributed by atoms with E-state index in [0.29, 0.717) is 0 Å². The monoisotopic (exact) mass is 224 g/mol. The molecule has 0 amide bonds. The van der Waals surface area contributed by atoms with Gasteiger partial charge >= 0.3 is 0 Å². The van der Waals surface area contributed by atoms with Crippen molar-refractivity contribution in [3.63, 3.8) is 0 Å². The Morgan fingerprint density at radius 2 is 2.06 bits per heavy atom. The average Bonchev–Trinajstić information content (AvgIpc) is 3.08. The lowest BCUT2D eigenvalue weighted by Crippen LogP contribution is -2.27. The second kappa shape index (κ2) is 6.87. The molecule has 1 unspecified atom stereocenters. The molecule has 0 bridgehead atoms. The molecule has 1 fully saturated rings. The molecule has 0 aliphatic heterocycles. The SMILES string of the molecule is CCCCC/C=C/C=C/C(O)C1(OC)CC1. The summed E-state index contributed by atoms with van der Waals surface area (Å²) in [5, 5.41) is 9.83. The van der Waals surface area contributed by atoms with Gasteiger partial charge in [0.2, 0.25) is 0 Å². The molecule has 0 spiro atoms.